The average molecular weight is 258 g/mol. The third-order valence-corrected chi connectivity index (χ3v) is 3.38. The van der Waals surface area contributed by atoms with E-state index in [0.29, 0.717) is 6.42 Å². The Morgan fingerprint density at radius 3 is 2.22 bits per heavy atom. The first-order valence-electron chi connectivity index (χ1n) is 5.86. The summed E-state index contributed by atoms with van der Waals surface area (Å²) >= 11 is 0. The molecular formula is C12H20NO5-. The second kappa shape index (κ2) is 4.85. The molecule has 1 aliphatic rings. The average Bonchev–Trinajstić information content (AvgIpc) is 2.38. The van der Waals surface area contributed by atoms with Gasteiger partial charge in [0.1, 0.15) is 0 Å². The molecule has 0 spiro atoms. The van der Waals surface area contributed by atoms with E-state index in [4.69, 9.17) is 4.74 Å². The van der Waals surface area contributed by atoms with Crippen LogP contribution in [0.4, 0.5) is 0 Å². The Morgan fingerprint density at radius 1 is 1.28 bits per heavy atom. The smallest absolute Gasteiger partial charge is 0.313 e. The van der Waals surface area contributed by atoms with Crippen molar-refractivity contribution < 1.29 is 19.1 Å². The van der Waals surface area contributed by atoms with Crippen LogP contribution in [0.2, 0.25) is 0 Å². The van der Waals surface area contributed by atoms with Gasteiger partial charge in [-0.15, -0.1) is 0 Å². The Kier molecular flexibility index (Phi) is 4.02. The van der Waals surface area contributed by atoms with Crippen LogP contribution >= 0.6 is 0 Å². The highest BCUT2D eigenvalue weighted by Crippen LogP contribution is 2.44. The molecular weight excluding hydrogens is 238 g/mol. The zero-order valence-electron chi connectivity index (χ0n) is 11.5. The molecule has 6 nitrogen and oxygen atoms in total. The van der Waals surface area contributed by atoms with Gasteiger partial charge in [0, 0.05) is 18.0 Å². The molecule has 104 valence electrons. The minimum absolute atomic E-state index is 0.403. The van der Waals surface area contributed by atoms with E-state index in [9.17, 15) is 14.8 Å². The Labute approximate surface area is 107 Å². The van der Waals surface area contributed by atoms with E-state index in [1.807, 2.05) is 0 Å². The highest BCUT2D eigenvalue weighted by molar-refractivity contribution is 5.75. The fourth-order valence-corrected chi connectivity index (χ4v) is 2.40. The molecule has 0 aromatic heterocycles. The molecule has 0 radical (unpaired) electrons. The number of rotatable bonds is 3. The van der Waals surface area contributed by atoms with E-state index < -0.39 is 35.7 Å². The number of hydroxylamine groups is 2. The molecule has 18 heavy (non-hydrogen) atoms. The van der Waals surface area contributed by atoms with E-state index in [1.165, 1.54) is 6.92 Å². The van der Waals surface area contributed by atoms with Gasteiger partial charge in [-0.25, -0.2) is 0 Å². The van der Waals surface area contributed by atoms with Crippen molar-refractivity contribution in [1.29, 1.82) is 0 Å². The van der Waals surface area contributed by atoms with E-state index in [0.717, 1.165) is 5.06 Å². The number of ether oxygens (including phenoxy) is 2. The molecule has 1 unspecified atom stereocenters. The Morgan fingerprint density at radius 2 is 1.83 bits per heavy atom. The van der Waals surface area contributed by atoms with Crippen molar-refractivity contribution in [1.82, 2.24) is 5.06 Å². The predicted molar refractivity (Wildman–Crippen MR) is 64.2 cm³/mol. The van der Waals surface area contributed by atoms with Crippen LogP contribution in [-0.4, -0.2) is 34.9 Å². The van der Waals surface area contributed by atoms with Gasteiger partial charge >= 0.3 is 11.9 Å². The summed E-state index contributed by atoms with van der Waals surface area (Å²) in [7, 11) is 0. The zero-order valence-corrected chi connectivity index (χ0v) is 11.5. The first kappa shape index (κ1) is 14.9. The summed E-state index contributed by atoms with van der Waals surface area (Å²) in [6.45, 7) is 7.84. The Balaban J connectivity index is 2.66. The molecule has 6 heteroatoms. The molecule has 1 fully saturated rings. The second-order valence-electron chi connectivity index (χ2n) is 5.73. The first-order valence-corrected chi connectivity index (χ1v) is 5.86. The van der Waals surface area contributed by atoms with Crippen LogP contribution in [0, 0.1) is 11.1 Å². The number of carbonyl (C=O) groups is 2. The standard InChI is InChI=1S/C12H20NO5/c1-8(14)17-7-18-10(15)9-6-11(2,3)13(16)12(9,4)5/h9H,6-7H2,1-5H3/q-1. The Hall–Kier alpha value is -1.14. The first-order chi connectivity index (χ1) is 8.09. The summed E-state index contributed by atoms with van der Waals surface area (Å²) in [5, 5.41) is 13.0. The highest BCUT2D eigenvalue weighted by Gasteiger charge is 2.50. The Bertz CT molecular complexity index is 350. The van der Waals surface area contributed by atoms with Crippen LogP contribution in [0.3, 0.4) is 0 Å². The van der Waals surface area contributed by atoms with Gasteiger partial charge in [-0.05, 0) is 34.1 Å². The van der Waals surface area contributed by atoms with Crippen LogP contribution in [-0.2, 0) is 19.1 Å². The summed E-state index contributed by atoms with van der Waals surface area (Å²) in [5.41, 5.74) is -1.43. The number of carbonyl (C=O) groups excluding carboxylic acids is 2. The van der Waals surface area contributed by atoms with Crippen LogP contribution in [0.15, 0.2) is 0 Å². The maximum atomic E-state index is 12.1. The largest absolute Gasteiger partial charge is 0.784 e. The van der Waals surface area contributed by atoms with E-state index >= 15 is 0 Å². The van der Waals surface area contributed by atoms with Crippen LogP contribution < -0.4 is 0 Å². The van der Waals surface area contributed by atoms with Crippen molar-refractivity contribution in [2.45, 2.75) is 52.1 Å². The molecule has 0 N–H and O–H groups in total. The van der Waals surface area contributed by atoms with Crippen molar-refractivity contribution in [3.8, 4) is 0 Å². The minimum Gasteiger partial charge on any atom is -0.784 e. The SMILES string of the molecule is CC(=O)OCOC(=O)C1CC(C)(C)N([O-])C1(C)C. The van der Waals surface area contributed by atoms with Gasteiger partial charge in [0.25, 0.3) is 0 Å². The molecule has 0 aliphatic carbocycles. The summed E-state index contributed by atoms with van der Waals surface area (Å²) in [4.78, 5) is 22.5. The molecule has 0 saturated carbocycles. The molecule has 0 aromatic rings. The summed E-state index contributed by atoms with van der Waals surface area (Å²) < 4.78 is 9.41. The zero-order chi connectivity index (χ0) is 14.1. The van der Waals surface area contributed by atoms with Crippen molar-refractivity contribution in [2.24, 2.45) is 5.92 Å². The maximum Gasteiger partial charge on any atom is 0.313 e. The number of esters is 2. The van der Waals surface area contributed by atoms with Gasteiger partial charge in [-0.1, -0.05) is 0 Å². The highest BCUT2D eigenvalue weighted by atomic mass is 16.7. The number of nitrogens with zero attached hydrogens (tertiary/aromatic N) is 1. The van der Waals surface area contributed by atoms with Gasteiger partial charge in [0.05, 0.1) is 5.92 Å². The second-order valence-corrected chi connectivity index (χ2v) is 5.73. The number of hydrogen-bond acceptors (Lipinski definition) is 6. The molecule has 1 rings (SSSR count). The van der Waals surface area contributed by atoms with Gasteiger partial charge < -0.3 is 19.7 Å². The van der Waals surface area contributed by atoms with Gasteiger partial charge in [-0.2, -0.15) is 0 Å². The summed E-state index contributed by atoms with van der Waals surface area (Å²) in [6.07, 6.45) is 0.419. The van der Waals surface area contributed by atoms with E-state index in [-0.39, 0.29) is 0 Å². The topological polar surface area (TPSA) is 78.9 Å². The summed E-state index contributed by atoms with van der Waals surface area (Å²) in [5.74, 6) is -1.55. The monoisotopic (exact) mass is 258 g/mol. The van der Waals surface area contributed by atoms with Crippen molar-refractivity contribution in [2.75, 3.05) is 6.79 Å². The third-order valence-electron chi connectivity index (χ3n) is 3.38. The molecule has 1 atom stereocenters. The quantitative estimate of drug-likeness (QED) is 0.562. The van der Waals surface area contributed by atoms with Crippen LogP contribution in [0.1, 0.15) is 41.0 Å². The van der Waals surface area contributed by atoms with Crippen LogP contribution in [0.5, 0.6) is 0 Å². The minimum atomic E-state index is -0.823. The van der Waals surface area contributed by atoms with E-state index in [2.05, 4.69) is 4.74 Å². The normalized spacial score (nSPS) is 25.8. The van der Waals surface area contributed by atoms with Gasteiger partial charge in [0.15, 0.2) is 0 Å². The van der Waals surface area contributed by atoms with Gasteiger partial charge in [0.2, 0.25) is 6.79 Å². The van der Waals surface area contributed by atoms with E-state index in [1.54, 1.807) is 27.7 Å². The summed E-state index contributed by atoms with van der Waals surface area (Å²) in [6, 6.07) is 0. The molecule has 1 saturated heterocycles. The lowest BCUT2D eigenvalue weighted by Crippen LogP contribution is -2.47. The predicted octanol–water partition coefficient (Wildman–Crippen LogP) is 1.43. The van der Waals surface area contributed by atoms with Crippen molar-refractivity contribution in [3.05, 3.63) is 5.21 Å². The van der Waals surface area contributed by atoms with Gasteiger partial charge in [-0.3, -0.25) is 9.59 Å². The lowest BCUT2D eigenvalue weighted by Gasteiger charge is -2.47. The van der Waals surface area contributed by atoms with Crippen molar-refractivity contribution >= 4 is 11.9 Å². The van der Waals surface area contributed by atoms with Crippen molar-refractivity contribution in [3.63, 3.8) is 0 Å². The maximum absolute atomic E-state index is 12.1. The lowest BCUT2D eigenvalue weighted by molar-refractivity contribution is -0.170. The third kappa shape index (κ3) is 2.81. The molecule has 1 heterocycles. The fourth-order valence-electron chi connectivity index (χ4n) is 2.40. The fraction of sp³-hybridized carbons (Fsp3) is 0.833. The molecule has 1 aliphatic heterocycles. The van der Waals surface area contributed by atoms with Crippen LogP contribution in [0.25, 0.3) is 0 Å². The molecule has 0 aromatic carbocycles. The number of hydrogen-bond donors (Lipinski definition) is 0. The molecule has 0 bridgehead atoms. The molecule has 0 amide bonds. The lowest BCUT2D eigenvalue weighted by atomic mass is 9.87.